The highest BCUT2D eigenvalue weighted by Crippen LogP contribution is 2.41. The highest BCUT2D eigenvalue weighted by atomic mass is 79.9. The number of alkyl halides is 1. The van der Waals surface area contributed by atoms with Crippen LogP contribution in [-0.2, 0) is 18.3 Å². The third-order valence-electron chi connectivity index (χ3n) is 4.47. The summed E-state index contributed by atoms with van der Waals surface area (Å²) in [5, 5.41) is 2.23. The van der Waals surface area contributed by atoms with Gasteiger partial charge in [-0.15, -0.1) is 0 Å². The highest BCUT2D eigenvalue weighted by molar-refractivity contribution is 9.09. The molecule has 110 valence electrons. The van der Waals surface area contributed by atoms with Gasteiger partial charge < -0.3 is 0 Å². The quantitative estimate of drug-likeness (QED) is 0.553. The van der Waals surface area contributed by atoms with E-state index in [2.05, 4.69) is 46.3 Å². The molecule has 0 heterocycles. The van der Waals surface area contributed by atoms with E-state index in [1.54, 1.807) is 0 Å². The third kappa shape index (κ3) is 3.02. The molecule has 21 heavy (non-hydrogen) atoms. The Morgan fingerprint density at radius 1 is 1.05 bits per heavy atom. The minimum Gasteiger partial charge on any atom is -0.0918 e. The van der Waals surface area contributed by atoms with Crippen molar-refractivity contribution in [1.82, 2.24) is 0 Å². The molecule has 0 spiro atoms. The number of halogens is 3. The van der Waals surface area contributed by atoms with Gasteiger partial charge in [-0.1, -0.05) is 69.5 Å². The molecule has 0 nitrogen and oxygen atoms in total. The van der Waals surface area contributed by atoms with Crippen LogP contribution in [0.3, 0.4) is 0 Å². The molecular formula is C18H17BrCl2. The van der Waals surface area contributed by atoms with Crippen molar-refractivity contribution in [2.75, 3.05) is 5.33 Å². The van der Waals surface area contributed by atoms with Gasteiger partial charge in [0.15, 0.2) is 0 Å². The van der Waals surface area contributed by atoms with Crippen molar-refractivity contribution < 1.29 is 0 Å². The van der Waals surface area contributed by atoms with Gasteiger partial charge >= 0.3 is 0 Å². The normalized spacial score (nSPS) is 21.1. The van der Waals surface area contributed by atoms with Gasteiger partial charge in [0.2, 0.25) is 0 Å². The lowest BCUT2D eigenvalue weighted by Crippen LogP contribution is -2.35. The summed E-state index contributed by atoms with van der Waals surface area (Å²) in [6.45, 7) is 0. The van der Waals surface area contributed by atoms with Gasteiger partial charge in [-0.25, -0.2) is 0 Å². The number of fused-ring (bicyclic) bond motifs is 1. The number of hydrogen-bond acceptors (Lipinski definition) is 0. The number of rotatable bonds is 3. The van der Waals surface area contributed by atoms with Crippen LogP contribution in [0, 0.1) is 0 Å². The molecule has 0 radical (unpaired) electrons. The van der Waals surface area contributed by atoms with Crippen molar-refractivity contribution in [1.29, 1.82) is 0 Å². The van der Waals surface area contributed by atoms with E-state index in [1.807, 2.05) is 12.1 Å². The van der Waals surface area contributed by atoms with Gasteiger partial charge in [-0.05, 0) is 54.5 Å². The molecule has 0 bridgehead atoms. The first-order chi connectivity index (χ1) is 10.1. The van der Waals surface area contributed by atoms with Crippen molar-refractivity contribution in [2.24, 2.45) is 0 Å². The summed E-state index contributed by atoms with van der Waals surface area (Å²) in [5.41, 5.74) is 4.38. The molecule has 0 aromatic heterocycles. The van der Waals surface area contributed by atoms with Crippen LogP contribution in [0.5, 0.6) is 0 Å². The van der Waals surface area contributed by atoms with Crippen LogP contribution < -0.4 is 0 Å². The van der Waals surface area contributed by atoms with Gasteiger partial charge in [-0.3, -0.25) is 0 Å². The Balaban J connectivity index is 2.00. The van der Waals surface area contributed by atoms with Gasteiger partial charge in [0.25, 0.3) is 0 Å². The number of aryl methyl sites for hydroxylation is 1. The molecule has 3 rings (SSSR count). The van der Waals surface area contributed by atoms with Gasteiger partial charge in [0.05, 0.1) is 10.0 Å². The number of hydrogen-bond donors (Lipinski definition) is 0. The van der Waals surface area contributed by atoms with E-state index in [4.69, 9.17) is 23.2 Å². The lowest BCUT2D eigenvalue weighted by Gasteiger charge is -2.38. The SMILES string of the molecule is Clc1ccc(CC2(CBr)CCCc3ccccc32)cc1Cl. The second-order valence-electron chi connectivity index (χ2n) is 5.85. The summed E-state index contributed by atoms with van der Waals surface area (Å²) in [4.78, 5) is 0. The standard InChI is InChI=1S/C18H17BrCl2/c19-12-18(11-13-7-8-16(20)17(21)10-13)9-3-5-14-4-1-2-6-15(14)18/h1-2,4,6-8,10H,3,5,9,11-12H2. The summed E-state index contributed by atoms with van der Waals surface area (Å²) >= 11 is 16.0. The Labute approximate surface area is 144 Å². The average molecular weight is 384 g/mol. The Morgan fingerprint density at radius 3 is 2.62 bits per heavy atom. The van der Waals surface area contributed by atoms with E-state index < -0.39 is 0 Å². The van der Waals surface area contributed by atoms with Crippen molar-refractivity contribution >= 4 is 39.1 Å². The first-order valence-electron chi connectivity index (χ1n) is 7.23. The molecule has 0 N–H and O–H groups in total. The zero-order valence-corrected chi connectivity index (χ0v) is 14.8. The van der Waals surface area contributed by atoms with Crippen molar-refractivity contribution in [3.8, 4) is 0 Å². The van der Waals surface area contributed by atoms with Crippen LogP contribution in [0.15, 0.2) is 42.5 Å². The maximum atomic E-state index is 6.18. The predicted molar refractivity (Wildman–Crippen MR) is 95.0 cm³/mol. The molecule has 0 saturated carbocycles. The molecule has 1 aliphatic carbocycles. The molecule has 1 aliphatic rings. The van der Waals surface area contributed by atoms with E-state index in [1.165, 1.54) is 36.0 Å². The molecule has 0 fully saturated rings. The Bertz CT molecular complexity index is 653. The fourth-order valence-electron chi connectivity index (χ4n) is 3.42. The monoisotopic (exact) mass is 382 g/mol. The summed E-state index contributed by atoms with van der Waals surface area (Å²) in [5.74, 6) is 0. The Kier molecular flexibility index (Phi) is 4.63. The van der Waals surface area contributed by atoms with E-state index in [0.29, 0.717) is 10.0 Å². The minimum atomic E-state index is 0.159. The Morgan fingerprint density at radius 2 is 1.86 bits per heavy atom. The van der Waals surface area contributed by atoms with E-state index in [9.17, 15) is 0 Å². The topological polar surface area (TPSA) is 0 Å². The maximum absolute atomic E-state index is 6.18. The summed E-state index contributed by atoms with van der Waals surface area (Å²) < 4.78 is 0. The molecule has 0 aliphatic heterocycles. The molecule has 0 amide bonds. The van der Waals surface area contributed by atoms with Crippen LogP contribution >= 0.6 is 39.1 Å². The predicted octanol–water partition coefficient (Wildman–Crippen LogP) is 6.21. The van der Waals surface area contributed by atoms with E-state index in [-0.39, 0.29) is 5.41 Å². The van der Waals surface area contributed by atoms with Crippen LogP contribution in [0.2, 0.25) is 10.0 Å². The zero-order valence-electron chi connectivity index (χ0n) is 11.7. The van der Waals surface area contributed by atoms with Gasteiger partial charge in [-0.2, -0.15) is 0 Å². The summed E-state index contributed by atoms with van der Waals surface area (Å²) in [7, 11) is 0. The van der Waals surface area contributed by atoms with Crippen molar-refractivity contribution in [3.05, 3.63) is 69.2 Å². The fraction of sp³-hybridized carbons (Fsp3) is 0.333. The fourth-order valence-corrected chi connectivity index (χ4v) is 4.52. The van der Waals surface area contributed by atoms with Crippen LogP contribution in [-0.4, -0.2) is 5.33 Å². The van der Waals surface area contributed by atoms with Crippen molar-refractivity contribution in [3.63, 3.8) is 0 Å². The molecule has 2 aromatic carbocycles. The van der Waals surface area contributed by atoms with Gasteiger partial charge in [0, 0.05) is 10.7 Å². The lowest BCUT2D eigenvalue weighted by atomic mass is 9.68. The van der Waals surface area contributed by atoms with Crippen molar-refractivity contribution in [2.45, 2.75) is 31.1 Å². The largest absolute Gasteiger partial charge is 0.0918 e. The molecular weight excluding hydrogens is 367 g/mol. The van der Waals surface area contributed by atoms with E-state index in [0.717, 1.165) is 11.8 Å². The molecule has 3 heteroatoms. The van der Waals surface area contributed by atoms with Crippen LogP contribution in [0.4, 0.5) is 0 Å². The third-order valence-corrected chi connectivity index (χ3v) is 6.28. The minimum absolute atomic E-state index is 0.159. The van der Waals surface area contributed by atoms with Crippen LogP contribution in [0.1, 0.15) is 29.5 Å². The zero-order chi connectivity index (χ0) is 14.9. The molecule has 1 atom stereocenters. The average Bonchev–Trinajstić information content (AvgIpc) is 2.51. The Hall–Kier alpha value is -0.500. The summed E-state index contributed by atoms with van der Waals surface area (Å²) in [6.07, 6.45) is 4.62. The molecule has 2 aromatic rings. The second kappa shape index (κ2) is 6.32. The summed E-state index contributed by atoms with van der Waals surface area (Å²) in [6, 6.07) is 14.8. The lowest BCUT2D eigenvalue weighted by molar-refractivity contribution is 0.401. The number of benzene rings is 2. The smallest absolute Gasteiger partial charge is 0.0595 e. The first-order valence-corrected chi connectivity index (χ1v) is 9.11. The highest BCUT2D eigenvalue weighted by Gasteiger charge is 2.35. The second-order valence-corrected chi connectivity index (χ2v) is 7.23. The molecule has 1 unspecified atom stereocenters. The van der Waals surface area contributed by atoms with E-state index >= 15 is 0 Å². The van der Waals surface area contributed by atoms with Gasteiger partial charge in [0.1, 0.15) is 0 Å². The maximum Gasteiger partial charge on any atom is 0.0595 e. The first kappa shape index (κ1) is 15.4. The van der Waals surface area contributed by atoms with Crippen LogP contribution in [0.25, 0.3) is 0 Å². The molecule has 0 saturated heterocycles.